The number of nitrogen functional groups attached to an aromatic ring is 1. The number of carbonyl (C=O) groups excluding carboxylic acids is 1. The Hall–Kier alpha value is -2.36. The van der Waals surface area contributed by atoms with Gasteiger partial charge in [0.25, 0.3) is 5.91 Å². The summed E-state index contributed by atoms with van der Waals surface area (Å²) >= 11 is 0. The van der Waals surface area contributed by atoms with Crippen molar-refractivity contribution in [3.63, 3.8) is 0 Å². The van der Waals surface area contributed by atoms with Crippen LogP contribution in [-0.4, -0.2) is 12.5 Å². The molecule has 21 heavy (non-hydrogen) atoms. The van der Waals surface area contributed by atoms with Gasteiger partial charge in [-0.1, -0.05) is 19.1 Å². The van der Waals surface area contributed by atoms with Gasteiger partial charge in [-0.25, -0.2) is 4.39 Å². The Kier molecular flexibility index (Phi) is 4.58. The monoisotopic (exact) mass is 286 g/mol. The minimum Gasteiger partial charge on any atom is -0.399 e. The topological polar surface area (TPSA) is 46.3 Å². The summed E-state index contributed by atoms with van der Waals surface area (Å²) in [7, 11) is 0. The highest BCUT2D eigenvalue weighted by molar-refractivity contribution is 6.07. The Bertz CT molecular complexity index is 655. The van der Waals surface area contributed by atoms with Crippen molar-refractivity contribution in [2.75, 3.05) is 17.2 Å². The minimum atomic E-state index is -0.409. The third kappa shape index (κ3) is 3.40. The number of nitrogens with zero attached hydrogens (tertiary/aromatic N) is 1. The van der Waals surface area contributed by atoms with Gasteiger partial charge in [-0.3, -0.25) is 4.79 Å². The number of halogens is 1. The predicted molar refractivity (Wildman–Crippen MR) is 84.0 cm³/mol. The number of rotatable bonds is 4. The molecule has 0 heterocycles. The van der Waals surface area contributed by atoms with Crippen LogP contribution < -0.4 is 10.6 Å². The van der Waals surface area contributed by atoms with Gasteiger partial charge in [-0.05, 0) is 49.2 Å². The zero-order valence-electron chi connectivity index (χ0n) is 12.3. The van der Waals surface area contributed by atoms with E-state index in [1.165, 1.54) is 12.1 Å². The van der Waals surface area contributed by atoms with Gasteiger partial charge in [0.05, 0.1) is 0 Å². The van der Waals surface area contributed by atoms with Crippen molar-refractivity contribution >= 4 is 17.3 Å². The van der Waals surface area contributed by atoms with Gasteiger partial charge in [0.1, 0.15) is 5.82 Å². The molecule has 2 N–H and O–H groups in total. The zero-order chi connectivity index (χ0) is 15.4. The highest BCUT2D eigenvalue weighted by Gasteiger charge is 2.19. The first-order valence-electron chi connectivity index (χ1n) is 6.96. The number of hydrogen-bond acceptors (Lipinski definition) is 2. The SMILES string of the molecule is CCCN(C(=O)c1cc(F)ccc1C)c1cccc(N)c1. The molecule has 3 nitrogen and oxygen atoms in total. The van der Waals surface area contributed by atoms with Crippen molar-refractivity contribution in [3.05, 3.63) is 59.4 Å². The molecular formula is C17H19FN2O. The summed E-state index contributed by atoms with van der Waals surface area (Å²) in [5.41, 5.74) is 8.25. The number of hydrogen-bond donors (Lipinski definition) is 1. The molecule has 1 amide bonds. The van der Waals surface area contributed by atoms with Gasteiger partial charge >= 0.3 is 0 Å². The Morgan fingerprint density at radius 1 is 1.24 bits per heavy atom. The maximum atomic E-state index is 13.4. The van der Waals surface area contributed by atoms with E-state index in [2.05, 4.69) is 0 Å². The number of carbonyl (C=O) groups is 1. The second kappa shape index (κ2) is 6.39. The van der Waals surface area contributed by atoms with Crippen LogP contribution in [0.1, 0.15) is 29.3 Å². The summed E-state index contributed by atoms with van der Waals surface area (Å²) in [6, 6.07) is 11.4. The lowest BCUT2D eigenvalue weighted by molar-refractivity contribution is 0.0986. The standard InChI is InChI=1S/C17H19FN2O/c1-3-9-20(15-6-4-5-14(19)11-15)17(21)16-10-13(18)8-7-12(16)2/h4-8,10-11H,3,9,19H2,1-2H3. The Labute approximate surface area is 124 Å². The summed E-state index contributed by atoms with van der Waals surface area (Å²) in [5, 5.41) is 0. The largest absolute Gasteiger partial charge is 0.399 e. The molecule has 0 aromatic heterocycles. The summed E-state index contributed by atoms with van der Waals surface area (Å²) in [5.74, 6) is -0.618. The van der Waals surface area contributed by atoms with E-state index in [1.807, 2.05) is 13.0 Å². The lowest BCUT2D eigenvalue weighted by Gasteiger charge is -2.23. The van der Waals surface area contributed by atoms with Gasteiger partial charge < -0.3 is 10.6 Å². The van der Waals surface area contributed by atoms with Crippen molar-refractivity contribution in [1.82, 2.24) is 0 Å². The molecular weight excluding hydrogens is 267 g/mol. The molecule has 0 aliphatic carbocycles. The fraction of sp³-hybridized carbons (Fsp3) is 0.235. The van der Waals surface area contributed by atoms with E-state index >= 15 is 0 Å². The van der Waals surface area contributed by atoms with Crippen LogP contribution in [0.2, 0.25) is 0 Å². The molecule has 0 saturated heterocycles. The molecule has 0 bridgehead atoms. The second-order valence-electron chi connectivity index (χ2n) is 5.01. The van der Waals surface area contributed by atoms with Crippen LogP contribution in [0.15, 0.2) is 42.5 Å². The highest BCUT2D eigenvalue weighted by atomic mass is 19.1. The molecule has 0 atom stereocenters. The molecule has 0 aliphatic heterocycles. The fourth-order valence-corrected chi connectivity index (χ4v) is 2.23. The van der Waals surface area contributed by atoms with Crippen molar-refractivity contribution in [2.24, 2.45) is 0 Å². The number of aryl methyl sites for hydroxylation is 1. The smallest absolute Gasteiger partial charge is 0.258 e. The summed E-state index contributed by atoms with van der Waals surface area (Å²) in [6.45, 7) is 4.35. The fourth-order valence-electron chi connectivity index (χ4n) is 2.23. The average molecular weight is 286 g/mol. The number of amides is 1. The highest BCUT2D eigenvalue weighted by Crippen LogP contribution is 2.22. The Morgan fingerprint density at radius 3 is 2.67 bits per heavy atom. The van der Waals surface area contributed by atoms with Crippen LogP contribution in [0.3, 0.4) is 0 Å². The van der Waals surface area contributed by atoms with E-state index in [1.54, 1.807) is 36.1 Å². The first kappa shape index (κ1) is 15.0. The minimum absolute atomic E-state index is 0.209. The number of anilines is 2. The molecule has 0 aliphatic rings. The molecule has 110 valence electrons. The third-order valence-electron chi connectivity index (χ3n) is 3.30. The summed E-state index contributed by atoms with van der Waals surface area (Å²) in [4.78, 5) is 14.4. The van der Waals surface area contributed by atoms with E-state index in [-0.39, 0.29) is 5.91 Å². The summed E-state index contributed by atoms with van der Waals surface area (Å²) in [6.07, 6.45) is 0.800. The third-order valence-corrected chi connectivity index (χ3v) is 3.30. The molecule has 0 radical (unpaired) electrons. The molecule has 4 heteroatoms. The molecule has 0 fully saturated rings. The van der Waals surface area contributed by atoms with E-state index in [0.717, 1.165) is 17.7 Å². The van der Waals surface area contributed by atoms with Gasteiger partial charge in [-0.15, -0.1) is 0 Å². The lowest BCUT2D eigenvalue weighted by atomic mass is 10.1. The van der Waals surface area contributed by atoms with Crippen LogP contribution in [0.4, 0.5) is 15.8 Å². The quantitative estimate of drug-likeness (QED) is 0.870. The first-order chi connectivity index (χ1) is 10.0. The number of nitrogens with two attached hydrogens (primary N) is 1. The van der Waals surface area contributed by atoms with E-state index in [4.69, 9.17) is 5.73 Å². The van der Waals surface area contributed by atoms with Gasteiger partial charge in [0.2, 0.25) is 0 Å². The van der Waals surface area contributed by atoms with Gasteiger partial charge in [0, 0.05) is 23.5 Å². The van der Waals surface area contributed by atoms with Crippen LogP contribution in [-0.2, 0) is 0 Å². The van der Waals surface area contributed by atoms with E-state index in [9.17, 15) is 9.18 Å². The van der Waals surface area contributed by atoms with Crippen LogP contribution >= 0.6 is 0 Å². The van der Waals surface area contributed by atoms with Crippen molar-refractivity contribution in [1.29, 1.82) is 0 Å². The second-order valence-corrected chi connectivity index (χ2v) is 5.01. The summed E-state index contributed by atoms with van der Waals surface area (Å²) < 4.78 is 13.4. The van der Waals surface area contributed by atoms with Crippen LogP contribution in [0, 0.1) is 12.7 Å². The Morgan fingerprint density at radius 2 is 2.00 bits per heavy atom. The molecule has 0 saturated carbocycles. The zero-order valence-corrected chi connectivity index (χ0v) is 12.3. The maximum absolute atomic E-state index is 13.4. The van der Waals surface area contributed by atoms with Crippen molar-refractivity contribution in [3.8, 4) is 0 Å². The van der Waals surface area contributed by atoms with Crippen LogP contribution in [0.25, 0.3) is 0 Å². The molecule has 0 unspecified atom stereocenters. The van der Waals surface area contributed by atoms with Crippen molar-refractivity contribution in [2.45, 2.75) is 20.3 Å². The average Bonchev–Trinajstić information content (AvgIpc) is 2.46. The Balaban J connectivity index is 2.42. The van der Waals surface area contributed by atoms with Gasteiger partial charge in [-0.2, -0.15) is 0 Å². The van der Waals surface area contributed by atoms with Gasteiger partial charge in [0.15, 0.2) is 0 Å². The molecule has 2 aromatic rings. The maximum Gasteiger partial charge on any atom is 0.258 e. The van der Waals surface area contributed by atoms with E-state index in [0.29, 0.717) is 17.8 Å². The van der Waals surface area contributed by atoms with Crippen LogP contribution in [0.5, 0.6) is 0 Å². The predicted octanol–water partition coefficient (Wildman–Crippen LogP) is 3.77. The van der Waals surface area contributed by atoms with Crippen molar-refractivity contribution < 1.29 is 9.18 Å². The lowest BCUT2D eigenvalue weighted by Crippen LogP contribution is -2.32. The number of benzene rings is 2. The molecule has 0 spiro atoms. The normalized spacial score (nSPS) is 10.4. The molecule has 2 aromatic carbocycles. The van der Waals surface area contributed by atoms with E-state index < -0.39 is 5.82 Å². The first-order valence-corrected chi connectivity index (χ1v) is 6.96. The molecule has 2 rings (SSSR count).